The van der Waals surface area contributed by atoms with E-state index < -0.39 is 15.2 Å². The van der Waals surface area contributed by atoms with E-state index in [1.54, 1.807) is 96.3 Å². The van der Waals surface area contributed by atoms with Gasteiger partial charge in [-0.1, -0.05) is 124 Å². The van der Waals surface area contributed by atoms with Crippen LogP contribution in [0.5, 0.6) is 0 Å². The van der Waals surface area contributed by atoms with Gasteiger partial charge in [0.15, 0.2) is 0 Å². The second-order valence-corrected chi connectivity index (χ2v) is 33.5. The van der Waals surface area contributed by atoms with E-state index in [1.807, 2.05) is 0 Å². The second-order valence-electron chi connectivity index (χ2n) is 17.4. The monoisotopic (exact) mass is 554 g/mol. The van der Waals surface area contributed by atoms with E-state index in [1.165, 1.54) is 24.8 Å². The van der Waals surface area contributed by atoms with Crippen LogP contribution in [0.4, 0.5) is 0 Å². The Morgan fingerprint density at radius 1 is 0.553 bits per heavy atom. The van der Waals surface area contributed by atoms with Gasteiger partial charge in [-0.3, -0.25) is 0 Å². The van der Waals surface area contributed by atoms with Crippen molar-refractivity contribution in [2.75, 3.05) is 0 Å². The summed E-state index contributed by atoms with van der Waals surface area (Å²) in [4.78, 5) is 0. The van der Waals surface area contributed by atoms with Gasteiger partial charge in [-0.2, -0.15) is 0 Å². The van der Waals surface area contributed by atoms with Crippen LogP contribution in [0.2, 0.25) is 37.3 Å². The Labute approximate surface area is 240 Å². The van der Waals surface area contributed by atoms with Crippen LogP contribution >= 0.6 is 0 Å². The van der Waals surface area contributed by atoms with Crippen LogP contribution in [-0.2, 0) is 0 Å². The molecule has 0 bridgehead atoms. The molecule has 38 heavy (non-hydrogen) atoms. The van der Waals surface area contributed by atoms with E-state index in [2.05, 4.69) is 40.0 Å². The minimum Gasteiger partial charge on any atom is -0.0711 e. The molecule has 0 amide bonds. The number of rotatable bonds is 7. The lowest BCUT2D eigenvalue weighted by Gasteiger charge is -2.54. The topological polar surface area (TPSA) is 0 Å². The van der Waals surface area contributed by atoms with Gasteiger partial charge in [0.25, 0.3) is 0 Å². The Kier molecular flexibility index (Phi) is 8.46. The molecule has 0 N–H and O–H groups in total. The van der Waals surface area contributed by atoms with Crippen LogP contribution in [-0.4, -0.2) is 15.2 Å². The molecule has 11 unspecified atom stereocenters. The summed E-state index contributed by atoms with van der Waals surface area (Å²) in [5.41, 5.74) is 2.34. The molecule has 0 nitrogen and oxygen atoms in total. The number of fused-ring (bicyclic) bond motifs is 3. The minimum atomic E-state index is -1.31. The summed E-state index contributed by atoms with van der Waals surface area (Å²) in [7, 11) is -2.63. The molecule has 0 aromatic heterocycles. The summed E-state index contributed by atoms with van der Waals surface area (Å²) in [5, 5.41) is 0. The molecular weight excluding hydrogens is 489 g/mol. The Morgan fingerprint density at radius 2 is 1.18 bits per heavy atom. The van der Waals surface area contributed by atoms with Crippen molar-refractivity contribution in [3.8, 4) is 0 Å². The molecule has 0 aliphatic heterocycles. The SMILES string of the molecule is CCCC(C)C1CC([Si](C)(C)[Si](C)(C)C2CCC3C2CC2CCCC2C3C2CCCCC2)C2CCCCC12. The fourth-order valence-electron chi connectivity index (χ4n) is 13.5. The summed E-state index contributed by atoms with van der Waals surface area (Å²) in [5.74, 6) is 11.1. The highest BCUT2D eigenvalue weighted by molar-refractivity contribution is 7.41. The summed E-state index contributed by atoms with van der Waals surface area (Å²) in [6, 6.07) is 0. The third-order valence-corrected chi connectivity index (χ3v) is 36.4. The van der Waals surface area contributed by atoms with Crippen LogP contribution < -0.4 is 0 Å². The summed E-state index contributed by atoms with van der Waals surface area (Å²) < 4.78 is 0. The lowest BCUT2D eigenvalue weighted by molar-refractivity contribution is 0.0162. The van der Waals surface area contributed by atoms with Gasteiger partial charge in [0.2, 0.25) is 0 Å². The third-order valence-electron chi connectivity index (χ3n) is 15.8. The van der Waals surface area contributed by atoms with Gasteiger partial charge in [-0.15, -0.1) is 0 Å². The molecule has 6 saturated carbocycles. The van der Waals surface area contributed by atoms with Crippen LogP contribution in [0.1, 0.15) is 129 Å². The number of hydrogen-bond donors (Lipinski definition) is 0. The molecule has 0 radical (unpaired) electrons. The van der Waals surface area contributed by atoms with Crippen LogP contribution in [0.15, 0.2) is 0 Å². The Morgan fingerprint density at radius 3 is 1.92 bits per heavy atom. The van der Waals surface area contributed by atoms with E-state index >= 15 is 0 Å². The van der Waals surface area contributed by atoms with E-state index in [-0.39, 0.29) is 0 Å². The zero-order valence-electron chi connectivity index (χ0n) is 26.7. The molecule has 0 aromatic rings. The largest absolute Gasteiger partial charge is 0.0711 e. The molecule has 6 aliphatic rings. The molecular formula is C36H66Si2. The molecule has 0 spiro atoms. The van der Waals surface area contributed by atoms with Crippen molar-refractivity contribution in [2.24, 2.45) is 59.2 Å². The lowest BCUT2D eigenvalue weighted by Crippen LogP contribution is -2.62. The van der Waals surface area contributed by atoms with E-state index in [0.29, 0.717) is 0 Å². The summed E-state index contributed by atoms with van der Waals surface area (Å²) >= 11 is 0. The molecule has 218 valence electrons. The van der Waals surface area contributed by atoms with Gasteiger partial charge in [-0.05, 0) is 102 Å². The van der Waals surface area contributed by atoms with Crippen molar-refractivity contribution < 1.29 is 0 Å². The standard InChI is InChI=1S/C36H66Si2/c1-7-14-25(2)32-24-35(30-19-12-11-18-29(30)32)38(5,6)37(3,4)34-22-21-31-33(34)23-27-17-13-20-28(27)36(31)26-15-9-8-10-16-26/h25-36H,7-24H2,1-6H3. The Bertz CT molecular complexity index is 795. The average molecular weight is 555 g/mol. The number of hydrogen-bond acceptors (Lipinski definition) is 0. The highest BCUT2D eigenvalue weighted by Crippen LogP contribution is 2.66. The zero-order chi connectivity index (χ0) is 26.7. The minimum absolute atomic E-state index is 0.981. The lowest BCUT2D eigenvalue weighted by atomic mass is 9.58. The maximum atomic E-state index is 3.00. The quantitative estimate of drug-likeness (QED) is 0.274. The molecule has 6 aliphatic carbocycles. The predicted molar refractivity (Wildman–Crippen MR) is 172 cm³/mol. The molecule has 11 atom stereocenters. The van der Waals surface area contributed by atoms with E-state index in [0.717, 1.165) is 64.7 Å². The van der Waals surface area contributed by atoms with Crippen molar-refractivity contribution in [3.05, 3.63) is 0 Å². The van der Waals surface area contributed by atoms with Crippen LogP contribution in [0.25, 0.3) is 0 Å². The van der Waals surface area contributed by atoms with Crippen molar-refractivity contribution in [3.63, 3.8) is 0 Å². The normalized spacial score (nSPS) is 45.0. The predicted octanol–water partition coefficient (Wildman–Crippen LogP) is 11.5. The first-order valence-electron chi connectivity index (χ1n) is 18.3. The van der Waals surface area contributed by atoms with Gasteiger partial charge in [0.05, 0.1) is 0 Å². The summed E-state index contributed by atoms with van der Waals surface area (Å²) in [6.07, 6.45) is 28.5. The maximum absolute atomic E-state index is 3.00. The van der Waals surface area contributed by atoms with Crippen LogP contribution in [0.3, 0.4) is 0 Å². The smallest absolute Gasteiger partial charge is 0.0449 e. The zero-order valence-corrected chi connectivity index (χ0v) is 28.7. The second kappa shape index (κ2) is 11.3. The molecule has 0 aromatic carbocycles. The van der Waals surface area contributed by atoms with Gasteiger partial charge >= 0.3 is 0 Å². The average Bonchev–Trinajstić information content (AvgIpc) is 3.64. The maximum Gasteiger partial charge on any atom is 0.0449 e. The molecule has 0 saturated heterocycles. The highest BCUT2D eigenvalue weighted by atomic mass is 29.3. The van der Waals surface area contributed by atoms with Crippen LogP contribution in [0, 0.1) is 59.2 Å². The van der Waals surface area contributed by atoms with Gasteiger partial charge in [0.1, 0.15) is 0 Å². The van der Waals surface area contributed by atoms with Crippen molar-refractivity contribution in [2.45, 2.75) is 167 Å². The highest BCUT2D eigenvalue weighted by Gasteiger charge is 2.62. The summed E-state index contributed by atoms with van der Waals surface area (Å²) in [6.45, 7) is 17.1. The third kappa shape index (κ3) is 4.72. The Hall–Kier alpha value is 0.434. The van der Waals surface area contributed by atoms with E-state index in [9.17, 15) is 0 Å². The molecule has 2 heteroatoms. The van der Waals surface area contributed by atoms with Gasteiger partial charge < -0.3 is 0 Å². The van der Waals surface area contributed by atoms with E-state index in [4.69, 9.17) is 0 Å². The fraction of sp³-hybridized carbons (Fsp3) is 1.00. The first kappa shape index (κ1) is 28.5. The van der Waals surface area contributed by atoms with Crippen molar-refractivity contribution >= 4 is 15.2 Å². The molecule has 6 rings (SSSR count). The molecule has 6 fully saturated rings. The Balaban J connectivity index is 1.26. The van der Waals surface area contributed by atoms with Crippen molar-refractivity contribution in [1.82, 2.24) is 0 Å². The fourth-order valence-corrected chi connectivity index (χ4v) is 27.9. The first-order chi connectivity index (χ1) is 18.3. The van der Waals surface area contributed by atoms with Gasteiger partial charge in [-0.25, -0.2) is 0 Å². The van der Waals surface area contributed by atoms with Gasteiger partial charge in [0, 0.05) is 15.2 Å². The first-order valence-corrected chi connectivity index (χ1v) is 25.4. The molecule has 0 heterocycles. The van der Waals surface area contributed by atoms with Crippen molar-refractivity contribution in [1.29, 1.82) is 0 Å².